The van der Waals surface area contributed by atoms with Crippen LogP contribution in [0.2, 0.25) is 0 Å². The van der Waals surface area contributed by atoms with Crippen LogP contribution in [0, 0.1) is 0 Å². The Bertz CT molecular complexity index is 1050. The number of amides is 1. The average Bonchev–Trinajstić information content (AvgIpc) is 3.16. The Hall–Kier alpha value is -3.81. The van der Waals surface area contributed by atoms with Gasteiger partial charge in [-0.15, -0.1) is 0 Å². The Morgan fingerprint density at radius 1 is 1.20 bits per heavy atom. The summed E-state index contributed by atoms with van der Waals surface area (Å²) in [6.45, 7) is 2.21. The van der Waals surface area contributed by atoms with Crippen molar-refractivity contribution in [3.05, 3.63) is 53.9 Å². The predicted molar refractivity (Wildman–Crippen MR) is 111 cm³/mol. The molecule has 1 amide bonds. The second kappa shape index (κ2) is 9.60. The van der Waals surface area contributed by atoms with E-state index in [0.29, 0.717) is 40.3 Å². The molecule has 1 heterocycles. The van der Waals surface area contributed by atoms with Crippen LogP contribution in [0.1, 0.15) is 24.8 Å². The fraction of sp³-hybridized carbons (Fsp3) is 0.227. The molecule has 156 valence electrons. The topological polar surface area (TPSA) is 111 Å². The summed E-state index contributed by atoms with van der Waals surface area (Å²) in [6, 6.07) is 12.3. The largest absolute Gasteiger partial charge is 0.493 e. The number of carbonyl (C=O) groups is 2. The molecule has 2 aromatic carbocycles. The molecule has 8 nitrogen and oxygen atoms in total. The van der Waals surface area contributed by atoms with Gasteiger partial charge in [0.25, 0.3) is 5.91 Å². The summed E-state index contributed by atoms with van der Waals surface area (Å²) in [5, 5.41) is 12.0. The van der Waals surface area contributed by atoms with E-state index < -0.39 is 5.97 Å². The van der Waals surface area contributed by atoms with Gasteiger partial charge in [-0.25, -0.2) is 4.98 Å². The highest BCUT2D eigenvalue weighted by atomic mass is 16.5. The summed E-state index contributed by atoms with van der Waals surface area (Å²) in [7, 11) is 1.49. The van der Waals surface area contributed by atoms with Gasteiger partial charge in [0.05, 0.1) is 13.5 Å². The molecule has 0 fully saturated rings. The summed E-state index contributed by atoms with van der Waals surface area (Å²) < 4.78 is 16.6. The van der Waals surface area contributed by atoms with E-state index >= 15 is 0 Å². The Kier molecular flexibility index (Phi) is 6.69. The van der Waals surface area contributed by atoms with E-state index in [2.05, 4.69) is 10.3 Å². The third-order valence-electron chi connectivity index (χ3n) is 4.17. The number of nitrogens with one attached hydrogen (secondary N) is 1. The van der Waals surface area contributed by atoms with Crippen molar-refractivity contribution in [3.63, 3.8) is 0 Å². The zero-order valence-corrected chi connectivity index (χ0v) is 16.7. The molecule has 0 saturated heterocycles. The molecule has 0 aliphatic heterocycles. The number of nitrogens with zero attached hydrogens (tertiary/aromatic N) is 1. The summed E-state index contributed by atoms with van der Waals surface area (Å²) in [5.74, 6) is -0.169. The van der Waals surface area contributed by atoms with E-state index in [9.17, 15) is 14.7 Å². The third kappa shape index (κ3) is 5.16. The van der Waals surface area contributed by atoms with E-state index in [1.807, 2.05) is 19.1 Å². The predicted octanol–water partition coefficient (Wildman–Crippen LogP) is 3.37. The Morgan fingerprint density at radius 3 is 2.70 bits per heavy atom. The van der Waals surface area contributed by atoms with E-state index in [1.54, 1.807) is 36.4 Å². The van der Waals surface area contributed by atoms with Crippen LogP contribution in [0.5, 0.6) is 11.5 Å². The number of oxazole rings is 1. The minimum Gasteiger partial charge on any atom is -0.493 e. The van der Waals surface area contributed by atoms with Crippen LogP contribution in [-0.2, 0) is 9.59 Å². The van der Waals surface area contributed by atoms with Crippen LogP contribution in [0.25, 0.3) is 22.7 Å². The number of fused-ring (bicyclic) bond motifs is 1. The Balaban J connectivity index is 1.90. The fourth-order valence-electron chi connectivity index (χ4n) is 2.85. The molecule has 0 bridgehead atoms. The van der Waals surface area contributed by atoms with Gasteiger partial charge in [-0.2, -0.15) is 0 Å². The number of hydrogen-bond acceptors (Lipinski definition) is 6. The molecule has 1 aromatic heterocycles. The van der Waals surface area contributed by atoms with Crippen LogP contribution in [0.15, 0.2) is 46.9 Å². The second-order valence-corrected chi connectivity index (χ2v) is 6.38. The minimum atomic E-state index is -1.00. The van der Waals surface area contributed by atoms with Gasteiger partial charge in [-0.3, -0.25) is 9.59 Å². The molecule has 8 heteroatoms. The highest BCUT2D eigenvalue weighted by Crippen LogP contribution is 2.31. The highest BCUT2D eigenvalue weighted by Gasteiger charge is 2.15. The normalized spacial score (nSPS) is 11.3. The molecule has 30 heavy (non-hydrogen) atoms. The first-order valence-electron chi connectivity index (χ1n) is 9.36. The maximum atomic E-state index is 11.6. The van der Waals surface area contributed by atoms with Crippen molar-refractivity contribution in [2.45, 2.75) is 13.3 Å². The van der Waals surface area contributed by atoms with Gasteiger partial charge in [0.15, 0.2) is 23.7 Å². The van der Waals surface area contributed by atoms with E-state index in [0.717, 1.165) is 0 Å². The van der Waals surface area contributed by atoms with Gasteiger partial charge in [0.2, 0.25) is 5.89 Å². The number of aliphatic carboxylic acids is 1. The highest BCUT2D eigenvalue weighted by molar-refractivity contribution is 5.91. The molecular weight excluding hydrogens is 388 g/mol. The van der Waals surface area contributed by atoms with Gasteiger partial charge in [-0.1, -0.05) is 18.2 Å². The fourth-order valence-corrected chi connectivity index (χ4v) is 2.85. The maximum absolute atomic E-state index is 11.6. The van der Waals surface area contributed by atoms with Crippen LogP contribution >= 0.6 is 0 Å². The number of likely N-dealkylation sites (N-methyl/N-ethyl adjacent to an activating group) is 1. The van der Waals surface area contributed by atoms with Gasteiger partial charge in [0, 0.05) is 12.1 Å². The second-order valence-electron chi connectivity index (χ2n) is 6.38. The number of aromatic nitrogens is 1. The summed E-state index contributed by atoms with van der Waals surface area (Å²) >= 11 is 0. The van der Waals surface area contributed by atoms with Gasteiger partial charge in [-0.05, 0) is 42.8 Å². The zero-order chi connectivity index (χ0) is 21.5. The number of carbonyl (C=O) groups excluding carboxylic acids is 1. The molecule has 3 rings (SSSR count). The van der Waals surface area contributed by atoms with Gasteiger partial charge >= 0.3 is 5.97 Å². The van der Waals surface area contributed by atoms with E-state index in [4.69, 9.17) is 13.9 Å². The van der Waals surface area contributed by atoms with Crippen LogP contribution in [0.3, 0.4) is 0 Å². The number of benzene rings is 2. The van der Waals surface area contributed by atoms with Crippen LogP contribution < -0.4 is 14.8 Å². The molecule has 0 aliphatic rings. The standard InChI is InChI=1S/C22H22N2O6/c1-3-23-20(25)13-29-18-9-8-14(11-19(18)28-2)10-15(12-21(26)27)22-24-16-6-4-5-7-17(16)30-22/h4-11H,3,12-13H2,1-2H3,(H,23,25)(H,26,27)/b15-10+. The van der Waals surface area contributed by atoms with Gasteiger partial charge in [0.1, 0.15) is 5.52 Å². The quantitative estimate of drug-likeness (QED) is 0.556. The zero-order valence-electron chi connectivity index (χ0n) is 16.7. The molecule has 2 N–H and O–H groups in total. The number of para-hydroxylation sites is 2. The first-order chi connectivity index (χ1) is 14.5. The number of carboxylic acid groups (broad SMARTS) is 1. The average molecular weight is 410 g/mol. The third-order valence-corrected chi connectivity index (χ3v) is 4.17. The van der Waals surface area contributed by atoms with Crippen molar-refractivity contribution in [3.8, 4) is 11.5 Å². The summed E-state index contributed by atoms with van der Waals surface area (Å²) in [5.41, 5.74) is 2.32. The summed E-state index contributed by atoms with van der Waals surface area (Å²) in [4.78, 5) is 27.4. The SMILES string of the molecule is CCNC(=O)COc1ccc(/C=C(\CC(=O)O)c2nc3ccccc3o2)cc1OC. The molecule has 3 aromatic rings. The van der Waals surface area contributed by atoms with Crippen LogP contribution in [-0.4, -0.2) is 42.2 Å². The molecule has 0 spiro atoms. The van der Waals surface area contributed by atoms with Crippen molar-refractivity contribution in [1.82, 2.24) is 10.3 Å². The monoisotopic (exact) mass is 410 g/mol. The van der Waals surface area contributed by atoms with Crippen LogP contribution in [0.4, 0.5) is 0 Å². The van der Waals surface area contributed by atoms with Crippen molar-refractivity contribution in [2.75, 3.05) is 20.3 Å². The maximum Gasteiger partial charge on any atom is 0.308 e. The lowest BCUT2D eigenvalue weighted by Gasteiger charge is -2.11. The van der Waals surface area contributed by atoms with Crippen molar-refractivity contribution in [2.24, 2.45) is 0 Å². The smallest absolute Gasteiger partial charge is 0.308 e. The molecule has 0 unspecified atom stereocenters. The Morgan fingerprint density at radius 2 is 2.00 bits per heavy atom. The number of methoxy groups -OCH3 is 1. The number of hydrogen-bond donors (Lipinski definition) is 2. The minimum absolute atomic E-state index is 0.132. The molecular formula is C22H22N2O6. The van der Waals surface area contributed by atoms with Gasteiger partial charge < -0.3 is 24.3 Å². The van der Waals surface area contributed by atoms with Crippen molar-refractivity contribution in [1.29, 1.82) is 0 Å². The number of carboxylic acids is 1. The lowest BCUT2D eigenvalue weighted by molar-refractivity contribution is -0.135. The van der Waals surface area contributed by atoms with E-state index in [-0.39, 0.29) is 24.8 Å². The molecule has 0 atom stereocenters. The number of ether oxygens (including phenoxy) is 2. The lowest BCUT2D eigenvalue weighted by atomic mass is 10.1. The van der Waals surface area contributed by atoms with Crippen molar-refractivity contribution < 1.29 is 28.6 Å². The van der Waals surface area contributed by atoms with Crippen molar-refractivity contribution >= 4 is 34.6 Å². The molecule has 0 aliphatic carbocycles. The Labute approximate surface area is 173 Å². The lowest BCUT2D eigenvalue weighted by Crippen LogP contribution is -2.28. The first kappa shape index (κ1) is 20.9. The molecule has 0 saturated carbocycles. The summed E-state index contributed by atoms with van der Waals surface area (Å²) in [6.07, 6.45) is 1.42. The molecule has 0 radical (unpaired) electrons. The number of rotatable bonds is 9. The first-order valence-corrected chi connectivity index (χ1v) is 9.36. The van der Waals surface area contributed by atoms with E-state index in [1.165, 1.54) is 7.11 Å².